The quantitative estimate of drug-likeness (QED) is 0.676. The Kier molecular flexibility index (Phi) is 2.19. The normalized spacial score (nSPS) is 15.3. The van der Waals surface area contributed by atoms with Gasteiger partial charge in [0.15, 0.2) is 0 Å². The molecular formula is C10H10FNO2. The first-order valence-electron chi connectivity index (χ1n) is 4.46. The summed E-state index contributed by atoms with van der Waals surface area (Å²) in [5, 5.41) is 0. The molecule has 74 valence electrons. The second-order valence-corrected chi connectivity index (χ2v) is 3.36. The highest BCUT2D eigenvalue weighted by Gasteiger charge is 2.28. The summed E-state index contributed by atoms with van der Waals surface area (Å²) < 4.78 is 17.8. The number of hydrogen-bond donors (Lipinski definition) is 0. The molecule has 2 rings (SSSR count). The Hall–Kier alpha value is -1.45. The van der Waals surface area contributed by atoms with Gasteiger partial charge in [-0.1, -0.05) is 0 Å². The Bertz CT molecular complexity index is 374. The molecule has 0 saturated heterocycles. The number of pyridine rings is 1. The molecule has 14 heavy (non-hydrogen) atoms. The average Bonchev–Trinajstić information content (AvgIpc) is 3.00. The molecule has 0 aromatic carbocycles. The second-order valence-electron chi connectivity index (χ2n) is 3.36. The summed E-state index contributed by atoms with van der Waals surface area (Å²) in [7, 11) is 1.26. The average molecular weight is 195 g/mol. The molecule has 1 fully saturated rings. The molecule has 1 aliphatic carbocycles. The Morgan fingerprint density at radius 3 is 2.86 bits per heavy atom. The summed E-state index contributed by atoms with van der Waals surface area (Å²) in [4.78, 5) is 15.0. The Morgan fingerprint density at radius 1 is 1.64 bits per heavy atom. The third kappa shape index (κ3) is 1.60. The Labute approximate surface area is 80.9 Å². The SMILES string of the molecule is COC(=O)c1cnc(C2CC2)c(F)c1. The number of aromatic nitrogens is 1. The van der Waals surface area contributed by atoms with Crippen LogP contribution in [0.1, 0.15) is 34.8 Å². The Balaban J connectivity index is 2.30. The van der Waals surface area contributed by atoms with Crippen molar-refractivity contribution >= 4 is 5.97 Å². The smallest absolute Gasteiger partial charge is 0.339 e. The predicted molar refractivity (Wildman–Crippen MR) is 47.5 cm³/mol. The van der Waals surface area contributed by atoms with Gasteiger partial charge in [0.25, 0.3) is 0 Å². The van der Waals surface area contributed by atoms with Crippen LogP contribution >= 0.6 is 0 Å². The second kappa shape index (κ2) is 3.36. The highest BCUT2D eigenvalue weighted by atomic mass is 19.1. The van der Waals surface area contributed by atoms with Gasteiger partial charge in [-0.2, -0.15) is 0 Å². The van der Waals surface area contributed by atoms with E-state index in [1.165, 1.54) is 19.4 Å². The zero-order valence-electron chi connectivity index (χ0n) is 7.79. The fourth-order valence-electron chi connectivity index (χ4n) is 1.34. The first kappa shape index (κ1) is 9.12. The molecule has 0 amide bonds. The summed E-state index contributed by atoms with van der Waals surface area (Å²) in [6.45, 7) is 0. The van der Waals surface area contributed by atoms with Crippen LogP contribution in [-0.2, 0) is 4.74 Å². The van der Waals surface area contributed by atoms with Gasteiger partial charge >= 0.3 is 5.97 Å². The van der Waals surface area contributed by atoms with Crippen LogP contribution in [-0.4, -0.2) is 18.1 Å². The molecule has 0 radical (unpaired) electrons. The molecule has 0 spiro atoms. The van der Waals surface area contributed by atoms with Gasteiger partial charge in [0.1, 0.15) is 5.82 Å². The summed E-state index contributed by atoms with van der Waals surface area (Å²) in [6.07, 6.45) is 3.34. The molecular weight excluding hydrogens is 185 g/mol. The lowest BCUT2D eigenvalue weighted by Crippen LogP contribution is -2.04. The van der Waals surface area contributed by atoms with Crippen molar-refractivity contribution in [1.82, 2.24) is 4.98 Å². The number of rotatable bonds is 2. The molecule has 0 aliphatic heterocycles. The van der Waals surface area contributed by atoms with Crippen molar-refractivity contribution in [1.29, 1.82) is 0 Å². The van der Waals surface area contributed by atoms with Gasteiger partial charge in [0.05, 0.1) is 18.4 Å². The van der Waals surface area contributed by atoms with Crippen LogP contribution in [0.2, 0.25) is 0 Å². The van der Waals surface area contributed by atoms with Gasteiger partial charge in [-0.25, -0.2) is 9.18 Å². The topological polar surface area (TPSA) is 39.2 Å². The molecule has 0 bridgehead atoms. The third-order valence-electron chi connectivity index (χ3n) is 2.25. The minimum Gasteiger partial charge on any atom is -0.465 e. The van der Waals surface area contributed by atoms with Gasteiger partial charge in [0, 0.05) is 12.1 Å². The summed E-state index contributed by atoms with van der Waals surface area (Å²) in [5.41, 5.74) is 0.632. The van der Waals surface area contributed by atoms with Crippen LogP contribution < -0.4 is 0 Å². The van der Waals surface area contributed by atoms with E-state index in [4.69, 9.17) is 0 Å². The number of hydrogen-bond acceptors (Lipinski definition) is 3. The van der Waals surface area contributed by atoms with Gasteiger partial charge in [-0.05, 0) is 18.9 Å². The zero-order valence-corrected chi connectivity index (χ0v) is 7.79. The molecule has 3 nitrogen and oxygen atoms in total. The summed E-state index contributed by atoms with van der Waals surface area (Å²) >= 11 is 0. The predicted octanol–water partition coefficient (Wildman–Crippen LogP) is 1.88. The van der Waals surface area contributed by atoms with E-state index in [0.29, 0.717) is 5.69 Å². The van der Waals surface area contributed by atoms with Crippen molar-refractivity contribution in [2.75, 3.05) is 7.11 Å². The van der Waals surface area contributed by atoms with E-state index in [0.717, 1.165) is 12.8 Å². The number of ether oxygens (including phenoxy) is 1. The van der Waals surface area contributed by atoms with Crippen LogP contribution in [0.25, 0.3) is 0 Å². The highest BCUT2D eigenvalue weighted by molar-refractivity contribution is 5.88. The van der Waals surface area contributed by atoms with Gasteiger partial charge in [0.2, 0.25) is 0 Å². The maximum absolute atomic E-state index is 13.4. The van der Waals surface area contributed by atoms with E-state index in [-0.39, 0.29) is 11.5 Å². The number of carbonyl (C=O) groups is 1. The van der Waals surface area contributed by atoms with Crippen molar-refractivity contribution in [3.05, 3.63) is 29.3 Å². The molecule has 1 aromatic heterocycles. The highest BCUT2D eigenvalue weighted by Crippen LogP contribution is 2.40. The summed E-state index contributed by atoms with van der Waals surface area (Å²) in [6, 6.07) is 1.19. The number of nitrogens with zero attached hydrogens (tertiary/aromatic N) is 1. The van der Waals surface area contributed by atoms with E-state index in [9.17, 15) is 9.18 Å². The maximum Gasteiger partial charge on any atom is 0.339 e. The lowest BCUT2D eigenvalue weighted by atomic mass is 10.2. The first-order chi connectivity index (χ1) is 6.72. The van der Waals surface area contributed by atoms with E-state index >= 15 is 0 Å². The molecule has 0 N–H and O–H groups in total. The van der Waals surface area contributed by atoms with E-state index in [1.54, 1.807) is 0 Å². The van der Waals surface area contributed by atoms with Crippen molar-refractivity contribution in [2.24, 2.45) is 0 Å². The largest absolute Gasteiger partial charge is 0.465 e. The Morgan fingerprint density at radius 2 is 2.36 bits per heavy atom. The minimum absolute atomic E-state index is 0.161. The minimum atomic E-state index is -0.557. The number of halogens is 1. The molecule has 1 aliphatic rings. The maximum atomic E-state index is 13.4. The molecule has 0 atom stereocenters. The lowest BCUT2D eigenvalue weighted by Gasteiger charge is -2.02. The van der Waals surface area contributed by atoms with Crippen molar-refractivity contribution < 1.29 is 13.9 Å². The number of carbonyl (C=O) groups excluding carboxylic acids is 1. The lowest BCUT2D eigenvalue weighted by molar-refractivity contribution is 0.0599. The van der Waals surface area contributed by atoms with Crippen LogP contribution in [0.15, 0.2) is 12.3 Å². The standard InChI is InChI=1S/C10H10FNO2/c1-14-10(13)7-4-8(11)9(12-5-7)6-2-3-6/h4-6H,2-3H2,1H3. The van der Waals surface area contributed by atoms with Crippen LogP contribution in [0.3, 0.4) is 0 Å². The third-order valence-corrected chi connectivity index (χ3v) is 2.25. The van der Waals surface area contributed by atoms with Gasteiger partial charge < -0.3 is 4.74 Å². The van der Waals surface area contributed by atoms with Crippen LogP contribution in [0.5, 0.6) is 0 Å². The van der Waals surface area contributed by atoms with Crippen molar-refractivity contribution in [2.45, 2.75) is 18.8 Å². The van der Waals surface area contributed by atoms with Gasteiger partial charge in [-0.3, -0.25) is 4.98 Å². The molecule has 1 heterocycles. The number of esters is 1. The molecule has 0 unspecified atom stereocenters. The van der Waals surface area contributed by atoms with Crippen LogP contribution in [0.4, 0.5) is 4.39 Å². The molecule has 1 aromatic rings. The fourth-order valence-corrected chi connectivity index (χ4v) is 1.34. The fraction of sp³-hybridized carbons (Fsp3) is 0.400. The number of methoxy groups -OCH3 is 1. The molecule has 4 heteroatoms. The van der Waals surface area contributed by atoms with E-state index < -0.39 is 11.8 Å². The monoisotopic (exact) mass is 195 g/mol. The van der Waals surface area contributed by atoms with Gasteiger partial charge in [-0.15, -0.1) is 0 Å². The van der Waals surface area contributed by atoms with Crippen molar-refractivity contribution in [3.8, 4) is 0 Å². The van der Waals surface area contributed by atoms with Crippen LogP contribution in [0, 0.1) is 5.82 Å². The van der Waals surface area contributed by atoms with E-state index in [2.05, 4.69) is 9.72 Å². The first-order valence-corrected chi connectivity index (χ1v) is 4.46. The summed E-state index contributed by atoms with van der Waals surface area (Å²) in [5.74, 6) is -0.712. The molecule has 1 saturated carbocycles. The van der Waals surface area contributed by atoms with E-state index in [1.807, 2.05) is 0 Å². The zero-order chi connectivity index (χ0) is 10.1. The van der Waals surface area contributed by atoms with Crippen molar-refractivity contribution in [3.63, 3.8) is 0 Å².